The summed E-state index contributed by atoms with van der Waals surface area (Å²) in [5, 5.41) is 23.0. The van der Waals surface area contributed by atoms with E-state index in [2.05, 4.69) is 20.6 Å². The van der Waals surface area contributed by atoms with Crippen molar-refractivity contribution in [3.63, 3.8) is 0 Å². The Morgan fingerprint density at radius 3 is 2.77 bits per heavy atom. The van der Waals surface area contributed by atoms with Gasteiger partial charge in [-0.2, -0.15) is 0 Å². The van der Waals surface area contributed by atoms with E-state index >= 15 is 0 Å². The number of aromatic nitrogens is 2. The van der Waals surface area contributed by atoms with Gasteiger partial charge in [0.05, 0.1) is 12.1 Å². The number of carbonyl (C=O) groups excluding carboxylic acids is 2. The molecule has 1 saturated carbocycles. The van der Waals surface area contributed by atoms with Crippen LogP contribution in [0.15, 0.2) is 35.3 Å². The van der Waals surface area contributed by atoms with Crippen LogP contribution in [0.2, 0.25) is 0 Å². The lowest BCUT2D eigenvalue weighted by Crippen LogP contribution is -2.49. The molecule has 4 N–H and O–H groups in total. The van der Waals surface area contributed by atoms with Crippen LogP contribution in [0.3, 0.4) is 0 Å². The van der Waals surface area contributed by atoms with Gasteiger partial charge in [0.15, 0.2) is 12.1 Å². The van der Waals surface area contributed by atoms with Gasteiger partial charge in [-0.05, 0) is 30.9 Å². The van der Waals surface area contributed by atoms with Crippen LogP contribution in [0.4, 0.5) is 0 Å². The number of nitrogens with zero attached hydrogens (tertiary/aromatic N) is 2. The molecule has 1 aliphatic carbocycles. The molecular formula is C20H26N4O6. The Hall–Kier alpha value is -3.27. The van der Waals surface area contributed by atoms with Crippen LogP contribution in [0.25, 0.3) is 0 Å². The molecule has 2 amide bonds. The highest BCUT2D eigenvalue weighted by atomic mass is 16.3. The molecule has 1 fully saturated rings. The monoisotopic (exact) mass is 418 g/mol. The van der Waals surface area contributed by atoms with Gasteiger partial charge in [-0.25, -0.2) is 4.98 Å². The lowest BCUT2D eigenvalue weighted by molar-refractivity contribution is -0.127. The van der Waals surface area contributed by atoms with E-state index < -0.39 is 12.1 Å². The van der Waals surface area contributed by atoms with E-state index in [1.54, 1.807) is 12.4 Å². The van der Waals surface area contributed by atoms with Crippen LogP contribution in [0.5, 0.6) is 0 Å². The summed E-state index contributed by atoms with van der Waals surface area (Å²) in [5.74, 6) is -0.204. The molecule has 0 saturated heterocycles. The molecular weight excluding hydrogens is 392 g/mol. The zero-order chi connectivity index (χ0) is 21.9. The zero-order valence-corrected chi connectivity index (χ0v) is 16.7. The maximum Gasteiger partial charge on any atom is 0.290 e. The SMILES string of the molecule is CCc1ocnc1C(=O)N[C@H]1CC[C@H](C(=O)NCc2cccnc2)C[C@@H]1O.O=CO. The molecule has 10 heteroatoms. The number of aliphatic hydroxyl groups excluding tert-OH is 1. The van der Waals surface area contributed by atoms with Gasteiger partial charge in [-0.1, -0.05) is 13.0 Å². The first-order valence-corrected chi connectivity index (χ1v) is 9.65. The zero-order valence-electron chi connectivity index (χ0n) is 16.7. The van der Waals surface area contributed by atoms with Crippen molar-refractivity contribution < 1.29 is 29.0 Å². The van der Waals surface area contributed by atoms with Crippen molar-refractivity contribution in [3.05, 3.63) is 47.9 Å². The lowest BCUT2D eigenvalue weighted by atomic mass is 9.83. The third-order valence-corrected chi connectivity index (χ3v) is 4.87. The number of aryl methyl sites for hydroxylation is 1. The van der Waals surface area contributed by atoms with Gasteiger partial charge in [0.2, 0.25) is 5.91 Å². The van der Waals surface area contributed by atoms with Crippen LogP contribution in [-0.4, -0.2) is 50.6 Å². The van der Waals surface area contributed by atoms with E-state index in [1.807, 2.05) is 19.1 Å². The van der Waals surface area contributed by atoms with Gasteiger partial charge in [-0.3, -0.25) is 19.4 Å². The van der Waals surface area contributed by atoms with Crippen LogP contribution in [-0.2, 0) is 22.6 Å². The molecule has 0 bridgehead atoms. The summed E-state index contributed by atoms with van der Waals surface area (Å²) >= 11 is 0. The largest absolute Gasteiger partial charge is 0.483 e. The maximum absolute atomic E-state index is 12.4. The molecule has 2 aromatic heterocycles. The fraction of sp³-hybridized carbons (Fsp3) is 0.450. The Labute approximate surface area is 173 Å². The lowest BCUT2D eigenvalue weighted by Gasteiger charge is -2.32. The van der Waals surface area contributed by atoms with Crippen molar-refractivity contribution in [2.45, 2.75) is 51.3 Å². The Morgan fingerprint density at radius 2 is 2.13 bits per heavy atom. The molecule has 0 spiro atoms. The average Bonchev–Trinajstić information content (AvgIpc) is 3.24. The highest BCUT2D eigenvalue weighted by Gasteiger charge is 2.34. The average molecular weight is 418 g/mol. The van der Waals surface area contributed by atoms with E-state index in [1.165, 1.54) is 6.39 Å². The first kappa shape index (κ1) is 23.0. The Kier molecular flexibility index (Phi) is 8.95. The first-order valence-electron chi connectivity index (χ1n) is 9.65. The van der Waals surface area contributed by atoms with Gasteiger partial charge < -0.3 is 25.3 Å². The van der Waals surface area contributed by atoms with E-state index in [0.717, 1.165) is 5.56 Å². The minimum atomic E-state index is -0.784. The van der Waals surface area contributed by atoms with Crippen molar-refractivity contribution in [2.24, 2.45) is 5.92 Å². The number of hydrogen-bond donors (Lipinski definition) is 4. The molecule has 0 unspecified atom stereocenters. The molecule has 10 nitrogen and oxygen atoms in total. The van der Waals surface area contributed by atoms with Crippen LogP contribution in [0.1, 0.15) is 48.0 Å². The number of hydrogen-bond acceptors (Lipinski definition) is 7. The standard InChI is InChI=1S/C19H24N4O4.CH2O2/c1-2-16-17(22-11-27-16)19(26)23-14-6-5-13(8-15(14)24)18(25)21-10-12-4-3-7-20-9-12;2-1-3/h3-4,7,9,11,13-15,24H,2,5-6,8,10H2,1H3,(H,21,25)(H,23,26);1H,(H,2,3)/t13-,14-,15-;/m0./s1. The second-order valence-electron chi connectivity index (χ2n) is 6.82. The molecule has 30 heavy (non-hydrogen) atoms. The van der Waals surface area contributed by atoms with Crippen LogP contribution in [0, 0.1) is 5.92 Å². The third kappa shape index (κ3) is 6.38. The summed E-state index contributed by atoms with van der Waals surface area (Å²) in [6, 6.07) is 3.31. The van der Waals surface area contributed by atoms with E-state index in [-0.39, 0.29) is 29.9 Å². The Bertz CT molecular complexity index is 826. The van der Waals surface area contributed by atoms with Crippen LogP contribution >= 0.6 is 0 Å². The third-order valence-electron chi connectivity index (χ3n) is 4.87. The fourth-order valence-corrected chi connectivity index (χ4v) is 3.33. The molecule has 0 aromatic carbocycles. The van der Waals surface area contributed by atoms with E-state index in [0.29, 0.717) is 38.0 Å². The summed E-state index contributed by atoms with van der Waals surface area (Å²) < 4.78 is 5.17. The molecule has 2 aromatic rings. The van der Waals surface area contributed by atoms with Gasteiger partial charge in [-0.15, -0.1) is 0 Å². The summed E-state index contributed by atoms with van der Waals surface area (Å²) in [6.45, 7) is 2.03. The predicted molar refractivity (Wildman–Crippen MR) is 105 cm³/mol. The van der Waals surface area contributed by atoms with Gasteiger partial charge >= 0.3 is 0 Å². The summed E-state index contributed by atoms with van der Waals surface area (Å²) in [4.78, 5) is 41.0. The minimum Gasteiger partial charge on any atom is -0.483 e. The van der Waals surface area contributed by atoms with E-state index in [4.69, 9.17) is 14.3 Å². The molecule has 3 rings (SSSR count). The quantitative estimate of drug-likeness (QED) is 0.505. The number of carboxylic acid groups (broad SMARTS) is 1. The van der Waals surface area contributed by atoms with Crippen LogP contribution < -0.4 is 10.6 Å². The Morgan fingerprint density at radius 1 is 1.37 bits per heavy atom. The summed E-state index contributed by atoms with van der Waals surface area (Å²) in [5.41, 5.74) is 1.17. The number of oxazole rings is 1. The van der Waals surface area contributed by atoms with Gasteiger partial charge in [0.1, 0.15) is 5.76 Å². The van der Waals surface area contributed by atoms with Crippen molar-refractivity contribution in [2.75, 3.05) is 0 Å². The highest BCUT2D eigenvalue weighted by molar-refractivity contribution is 5.93. The molecule has 0 radical (unpaired) electrons. The van der Waals surface area contributed by atoms with Gasteiger partial charge in [0, 0.05) is 31.3 Å². The summed E-state index contributed by atoms with van der Waals surface area (Å²) in [6.07, 6.45) is 5.84. The summed E-state index contributed by atoms with van der Waals surface area (Å²) in [7, 11) is 0. The second kappa shape index (κ2) is 11.7. The normalized spacial score (nSPS) is 20.4. The number of nitrogens with one attached hydrogen (secondary N) is 2. The molecule has 162 valence electrons. The fourth-order valence-electron chi connectivity index (χ4n) is 3.33. The highest BCUT2D eigenvalue weighted by Crippen LogP contribution is 2.25. The van der Waals surface area contributed by atoms with Crippen molar-refractivity contribution in [1.82, 2.24) is 20.6 Å². The van der Waals surface area contributed by atoms with E-state index in [9.17, 15) is 14.7 Å². The smallest absolute Gasteiger partial charge is 0.290 e. The topological polar surface area (TPSA) is 155 Å². The number of amides is 2. The first-order chi connectivity index (χ1) is 14.5. The van der Waals surface area contributed by atoms with Crippen molar-refractivity contribution in [3.8, 4) is 0 Å². The number of pyridine rings is 1. The maximum atomic E-state index is 12.4. The number of aliphatic hydroxyl groups is 1. The number of carbonyl (C=O) groups is 3. The molecule has 1 aliphatic rings. The molecule has 2 heterocycles. The second-order valence-corrected chi connectivity index (χ2v) is 6.82. The van der Waals surface area contributed by atoms with Crippen molar-refractivity contribution >= 4 is 18.3 Å². The Balaban J connectivity index is 0.00000101. The molecule has 0 aliphatic heterocycles. The van der Waals surface area contributed by atoms with Gasteiger partial charge in [0.25, 0.3) is 12.4 Å². The predicted octanol–water partition coefficient (Wildman–Crippen LogP) is 0.909. The number of rotatable bonds is 6. The minimum absolute atomic E-state index is 0.0903. The van der Waals surface area contributed by atoms with Crippen molar-refractivity contribution in [1.29, 1.82) is 0 Å². The molecule has 3 atom stereocenters.